The van der Waals surface area contributed by atoms with E-state index in [1.165, 1.54) is 0 Å². The molecule has 12 heavy (non-hydrogen) atoms. The first-order chi connectivity index (χ1) is 5.30. The summed E-state index contributed by atoms with van der Waals surface area (Å²) in [5.74, 6) is -2.43. The first kappa shape index (κ1) is 9.03. The molecular weight excluding hydrogens is 160 g/mol. The Balaban J connectivity index is 2.83. The van der Waals surface area contributed by atoms with Crippen LogP contribution in [-0.4, -0.2) is 22.2 Å². The Labute approximate surface area is 70.2 Å². The molecule has 0 spiro atoms. The van der Waals surface area contributed by atoms with Gasteiger partial charge in [0.15, 0.2) is 5.41 Å². The highest BCUT2D eigenvalue weighted by atomic mass is 16.4. The second kappa shape index (κ2) is 2.21. The van der Waals surface area contributed by atoms with Crippen molar-refractivity contribution < 1.29 is 19.8 Å². The van der Waals surface area contributed by atoms with Crippen LogP contribution in [0.4, 0.5) is 0 Å². The number of rotatable bonds is 2. The lowest BCUT2D eigenvalue weighted by Gasteiger charge is -2.47. The number of carbonyl (C=O) groups is 2. The number of carboxylic acid groups (broad SMARTS) is 2. The van der Waals surface area contributed by atoms with Gasteiger partial charge in [-0.3, -0.25) is 9.59 Å². The lowest BCUT2D eigenvalue weighted by Crippen LogP contribution is -2.53. The summed E-state index contributed by atoms with van der Waals surface area (Å²) < 4.78 is 0. The van der Waals surface area contributed by atoms with Gasteiger partial charge in [0.2, 0.25) is 0 Å². The fourth-order valence-electron chi connectivity index (χ4n) is 1.98. The molecule has 4 nitrogen and oxygen atoms in total. The average molecular weight is 172 g/mol. The monoisotopic (exact) mass is 172 g/mol. The van der Waals surface area contributed by atoms with Gasteiger partial charge in [-0.25, -0.2) is 0 Å². The molecule has 0 aliphatic heterocycles. The lowest BCUT2D eigenvalue weighted by molar-refractivity contribution is -0.181. The lowest BCUT2D eigenvalue weighted by atomic mass is 9.54. The third-order valence-corrected chi connectivity index (χ3v) is 2.38. The molecule has 1 rings (SSSR count). The van der Waals surface area contributed by atoms with E-state index in [1.807, 2.05) is 13.8 Å². The zero-order chi connectivity index (χ0) is 9.57. The Morgan fingerprint density at radius 1 is 1.08 bits per heavy atom. The topological polar surface area (TPSA) is 74.6 Å². The maximum absolute atomic E-state index is 10.7. The fraction of sp³-hybridized carbons (Fsp3) is 0.750. The molecule has 0 atom stereocenters. The first-order valence-electron chi connectivity index (χ1n) is 3.77. The third kappa shape index (κ3) is 1.07. The van der Waals surface area contributed by atoms with Gasteiger partial charge in [-0.2, -0.15) is 0 Å². The molecule has 0 amide bonds. The van der Waals surface area contributed by atoms with E-state index in [2.05, 4.69) is 0 Å². The van der Waals surface area contributed by atoms with Gasteiger partial charge in [-0.15, -0.1) is 0 Å². The molecule has 2 N–H and O–H groups in total. The Kier molecular flexibility index (Phi) is 1.67. The normalized spacial score (nSPS) is 24.2. The van der Waals surface area contributed by atoms with Gasteiger partial charge < -0.3 is 10.2 Å². The summed E-state index contributed by atoms with van der Waals surface area (Å²) in [4.78, 5) is 21.3. The minimum Gasteiger partial charge on any atom is -0.480 e. The molecule has 0 bridgehead atoms. The first-order valence-corrected chi connectivity index (χ1v) is 3.77. The number of hydrogen-bond donors (Lipinski definition) is 2. The van der Waals surface area contributed by atoms with E-state index in [0.717, 1.165) is 0 Å². The van der Waals surface area contributed by atoms with Crippen LogP contribution in [0, 0.1) is 10.8 Å². The van der Waals surface area contributed by atoms with Crippen molar-refractivity contribution in [2.24, 2.45) is 10.8 Å². The van der Waals surface area contributed by atoms with Gasteiger partial charge in [-0.1, -0.05) is 13.8 Å². The number of hydrogen-bond acceptors (Lipinski definition) is 2. The molecule has 1 aliphatic rings. The van der Waals surface area contributed by atoms with E-state index in [1.54, 1.807) is 0 Å². The Morgan fingerprint density at radius 3 is 1.50 bits per heavy atom. The van der Waals surface area contributed by atoms with Crippen LogP contribution >= 0.6 is 0 Å². The molecule has 0 aromatic heterocycles. The quantitative estimate of drug-likeness (QED) is 0.608. The second-order valence-corrected chi connectivity index (χ2v) is 4.21. The van der Waals surface area contributed by atoms with E-state index in [9.17, 15) is 9.59 Å². The Hall–Kier alpha value is -1.06. The van der Waals surface area contributed by atoms with E-state index in [-0.39, 0.29) is 18.3 Å². The zero-order valence-electron chi connectivity index (χ0n) is 7.13. The molecular formula is C8H12O4. The Morgan fingerprint density at radius 2 is 1.42 bits per heavy atom. The van der Waals surface area contributed by atoms with Crippen LogP contribution in [0.2, 0.25) is 0 Å². The summed E-state index contributed by atoms with van der Waals surface area (Å²) in [6.45, 7) is 3.74. The molecule has 4 heteroatoms. The van der Waals surface area contributed by atoms with Crippen LogP contribution in [0.3, 0.4) is 0 Å². The van der Waals surface area contributed by atoms with Crippen LogP contribution in [-0.2, 0) is 9.59 Å². The van der Waals surface area contributed by atoms with Crippen LogP contribution < -0.4 is 0 Å². The highest BCUT2D eigenvalue weighted by molar-refractivity contribution is 5.99. The van der Waals surface area contributed by atoms with Gasteiger partial charge in [0.1, 0.15) is 0 Å². The summed E-state index contributed by atoms with van der Waals surface area (Å²) in [6, 6.07) is 0. The summed E-state index contributed by atoms with van der Waals surface area (Å²) >= 11 is 0. The minimum atomic E-state index is -1.51. The molecule has 0 heterocycles. The number of aliphatic carboxylic acids is 2. The summed E-state index contributed by atoms with van der Waals surface area (Å²) in [6.07, 6.45) is 0.454. The zero-order valence-corrected chi connectivity index (χ0v) is 7.13. The smallest absolute Gasteiger partial charge is 0.321 e. The van der Waals surface area contributed by atoms with Crippen molar-refractivity contribution in [3.8, 4) is 0 Å². The van der Waals surface area contributed by atoms with Crippen molar-refractivity contribution in [2.45, 2.75) is 26.7 Å². The molecule has 1 saturated carbocycles. The van der Waals surface area contributed by atoms with Crippen LogP contribution in [0.5, 0.6) is 0 Å². The van der Waals surface area contributed by atoms with E-state index >= 15 is 0 Å². The van der Waals surface area contributed by atoms with Crippen molar-refractivity contribution in [1.82, 2.24) is 0 Å². The largest absolute Gasteiger partial charge is 0.480 e. The van der Waals surface area contributed by atoms with Gasteiger partial charge >= 0.3 is 11.9 Å². The standard InChI is InChI=1S/C8H12O4/c1-7(2)3-8(4-7,5(9)10)6(11)12/h3-4H2,1-2H3,(H,9,10)(H,11,12). The minimum absolute atomic E-state index is 0.142. The van der Waals surface area contributed by atoms with E-state index < -0.39 is 17.4 Å². The van der Waals surface area contributed by atoms with Gasteiger partial charge in [0.05, 0.1) is 0 Å². The van der Waals surface area contributed by atoms with Crippen molar-refractivity contribution in [2.75, 3.05) is 0 Å². The molecule has 68 valence electrons. The highest BCUT2D eigenvalue weighted by Crippen LogP contribution is 2.54. The molecule has 0 aromatic carbocycles. The highest BCUT2D eigenvalue weighted by Gasteiger charge is 2.60. The molecule has 0 saturated heterocycles. The maximum Gasteiger partial charge on any atom is 0.321 e. The van der Waals surface area contributed by atoms with Crippen LogP contribution in [0.25, 0.3) is 0 Å². The molecule has 1 aliphatic carbocycles. The van der Waals surface area contributed by atoms with Gasteiger partial charge in [-0.05, 0) is 18.3 Å². The fourth-order valence-corrected chi connectivity index (χ4v) is 1.98. The maximum atomic E-state index is 10.7. The summed E-state index contributed by atoms with van der Waals surface area (Å²) in [5, 5.41) is 17.4. The average Bonchev–Trinajstić information content (AvgIpc) is 1.80. The molecule has 0 unspecified atom stereocenters. The van der Waals surface area contributed by atoms with E-state index in [0.29, 0.717) is 0 Å². The van der Waals surface area contributed by atoms with Crippen molar-refractivity contribution in [1.29, 1.82) is 0 Å². The second-order valence-electron chi connectivity index (χ2n) is 4.21. The molecule has 0 radical (unpaired) electrons. The van der Waals surface area contributed by atoms with Crippen molar-refractivity contribution >= 4 is 11.9 Å². The van der Waals surface area contributed by atoms with Gasteiger partial charge in [0, 0.05) is 0 Å². The molecule has 0 aromatic rings. The van der Waals surface area contributed by atoms with Crippen LogP contribution in [0.1, 0.15) is 26.7 Å². The van der Waals surface area contributed by atoms with E-state index in [4.69, 9.17) is 10.2 Å². The summed E-state index contributed by atoms with van der Waals surface area (Å²) in [7, 11) is 0. The Bertz CT molecular complexity index is 217. The number of carboxylic acids is 2. The predicted octanol–water partition coefficient (Wildman–Crippen LogP) is 0.962. The SMILES string of the molecule is CC1(C)CC(C(=O)O)(C(=O)O)C1. The van der Waals surface area contributed by atoms with Crippen molar-refractivity contribution in [3.05, 3.63) is 0 Å². The summed E-state index contributed by atoms with van der Waals surface area (Å²) in [5.41, 5.74) is -1.65. The van der Waals surface area contributed by atoms with Crippen LogP contribution in [0.15, 0.2) is 0 Å². The van der Waals surface area contributed by atoms with Gasteiger partial charge in [0.25, 0.3) is 0 Å². The predicted molar refractivity (Wildman–Crippen MR) is 40.7 cm³/mol. The van der Waals surface area contributed by atoms with Crippen molar-refractivity contribution in [3.63, 3.8) is 0 Å². The third-order valence-electron chi connectivity index (χ3n) is 2.38. The molecule has 1 fully saturated rings.